The minimum atomic E-state index is -0.718. The zero-order chi connectivity index (χ0) is 21.3. The largest absolute Gasteiger partial charge is 0.493 e. The van der Waals surface area contributed by atoms with Crippen LogP contribution in [0, 0.1) is 0 Å². The van der Waals surface area contributed by atoms with E-state index in [1.807, 2.05) is 0 Å². The lowest BCUT2D eigenvalue weighted by atomic mass is 10.1. The molecule has 0 radical (unpaired) electrons. The van der Waals surface area contributed by atoms with Crippen LogP contribution < -0.4 is 25.3 Å². The van der Waals surface area contributed by atoms with Gasteiger partial charge in [-0.25, -0.2) is 4.79 Å². The summed E-state index contributed by atoms with van der Waals surface area (Å²) in [6, 6.07) is 2.94. The average molecular weight is 432 g/mol. The van der Waals surface area contributed by atoms with Crippen molar-refractivity contribution in [3.05, 3.63) is 33.7 Å². The molecule has 3 N–H and O–H groups in total. The fraction of sp³-hybridized carbons (Fsp3) is 0.350. The maximum atomic E-state index is 12.4. The fourth-order valence-electron chi connectivity index (χ4n) is 3.52. The molecule has 9 nitrogen and oxygen atoms in total. The third-order valence-corrected chi connectivity index (χ3v) is 6.03. The number of primary amides is 1. The van der Waals surface area contributed by atoms with Gasteiger partial charge in [0.15, 0.2) is 18.1 Å². The summed E-state index contributed by atoms with van der Waals surface area (Å²) in [7, 11) is 1.45. The Morgan fingerprint density at radius 3 is 2.77 bits per heavy atom. The predicted molar refractivity (Wildman–Crippen MR) is 108 cm³/mol. The van der Waals surface area contributed by atoms with E-state index in [1.165, 1.54) is 30.6 Å². The van der Waals surface area contributed by atoms with E-state index < -0.39 is 24.4 Å². The molecule has 0 saturated heterocycles. The lowest BCUT2D eigenvalue weighted by molar-refractivity contribution is -0.119. The molecule has 1 aliphatic carbocycles. The van der Waals surface area contributed by atoms with Crippen molar-refractivity contribution in [3.63, 3.8) is 0 Å². The van der Waals surface area contributed by atoms with Gasteiger partial charge < -0.3 is 30.0 Å². The number of rotatable bonds is 6. The first kappa shape index (κ1) is 20.0. The number of ether oxygens (including phenoxy) is 4. The summed E-state index contributed by atoms with van der Waals surface area (Å²) in [5.41, 5.74) is 6.91. The summed E-state index contributed by atoms with van der Waals surface area (Å²) in [5, 5.41) is 3.03. The number of esters is 1. The Labute approximate surface area is 176 Å². The minimum absolute atomic E-state index is 0.164. The van der Waals surface area contributed by atoms with Gasteiger partial charge in [-0.1, -0.05) is 0 Å². The summed E-state index contributed by atoms with van der Waals surface area (Å²) < 4.78 is 21.3. The minimum Gasteiger partial charge on any atom is -0.493 e. The molecular weight excluding hydrogens is 412 g/mol. The molecule has 158 valence electrons. The molecule has 0 unspecified atom stereocenters. The van der Waals surface area contributed by atoms with E-state index in [-0.39, 0.29) is 5.56 Å². The number of amides is 2. The van der Waals surface area contributed by atoms with E-state index in [2.05, 4.69) is 5.32 Å². The molecule has 2 aliphatic rings. The maximum absolute atomic E-state index is 12.4. The zero-order valence-corrected chi connectivity index (χ0v) is 17.1. The smallest absolute Gasteiger partial charge is 0.338 e. The molecule has 2 amide bonds. The molecule has 1 aromatic carbocycles. The number of nitrogens with one attached hydrogen (secondary N) is 1. The molecule has 10 heteroatoms. The van der Waals surface area contributed by atoms with Gasteiger partial charge in [-0.05, 0) is 37.0 Å². The van der Waals surface area contributed by atoms with Crippen molar-refractivity contribution in [2.75, 3.05) is 32.2 Å². The zero-order valence-electron chi connectivity index (χ0n) is 16.2. The summed E-state index contributed by atoms with van der Waals surface area (Å²) >= 11 is 1.34. The highest BCUT2D eigenvalue weighted by atomic mass is 32.1. The third kappa shape index (κ3) is 3.78. The number of nitrogens with two attached hydrogens (primary N) is 1. The highest BCUT2D eigenvalue weighted by molar-refractivity contribution is 7.17. The highest BCUT2D eigenvalue weighted by Crippen LogP contribution is 2.41. The second-order valence-electron chi connectivity index (χ2n) is 6.75. The number of carbonyl (C=O) groups is 3. The van der Waals surface area contributed by atoms with Crippen LogP contribution in [0.1, 0.15) is 37.6 Å². The van der Waals surface area contributed by atoms with E-state index in [1.54, 1.807) is 0 Å². The molecule has 2 aromatic rings. The molecule has 0 bridgehead atoms. The van der Waals surface area contributed by atoms with Gasteiger partial charge in [0.05, 0.1) is 18.2 Å². The number of hydrogen-bond acceptors (Lipinski definition) is 8. The van der Waals surface area contributed by atoms with E-state index in [0.717, 1.165) is 29.7 Å². The van der Waals surface area contributed by atoms with E-state index in [9.17, 15) is 14.4 Å². The first-order chi connectivity index (χ1) is 14.5. The molecule has 0 atom stereocenters. The van der Waals surface area contributed by atoms with Gasteiger partial charge in [-0.15, -0.1) is 11.3 Å². The van der Waals surface area contributed by atoms with E-state index in [4.69, 9.17) is 24.7 Å². The van der Waals surface area contributed by atoms with Crippen LogP contribution in [0.3, 0.4) is 0 Å². The normalized spacial score (nSPS) is 14.0. The van der Waals surface area contributed by atoms with Gasteiger partial charge in [-0.3, -0.25) is 9.59 Å². The molecule has 0 spiro atoms. The lowest BCUT2D eigenvalue weighted by Gasteiger charge is -2.21. The van der Waals surface area contributed by atoms with Crippen molar-refractivity contribution >= 4 is 34.1 Å². The lowest BCUT2D eigenvalue weighted by Crippen LogP contribution is -2.23. The Balaban J connectivity index is 1.42. The number of carbonyl (C=O) groups excluding carboxylic acids is 3. The summed E-state index contributed by atoms with van der Waals surface area (Å²) in [6.45, 7) is 0.215. The monoisotopic (exact) mass is 432 g/mol. The van der Waals surface area contributed by atoms with Crippen molar-refractivity contribution in [1.29, 1.82) is 0 Å². The molecule has 4 rings (SSSR count). The van der Waals surface area contributed by atoms with Gasteiger partial charge >= 0.3 is 5.97 Å². The van der Waals surface area contributed by atoms with Crippen LogP contribution in [0.25, 0.3) is 0 Å². The SMILES string of the molecule is COc1cc(C(=O)OCC(=O)Nc2sc3c(c2C(N)=O)CCC3)cc2c1OCCO2. The Bertz CT molecular complexity index is 1010. The number of aryl methyl sites for hydroxylation is 1. The molecule has 30 heavy (non-hydrogen) atoms. The second kappa shape index (κ2) is 8.23. The first-order valence-corrected chi connectivity index (χ1v) is 10.2. The third-order valence-electron chi connectivity index (χ3n) is 4.82. The molecule has 1 aromatic heterocycles. The standard InChI is InChI=1S/C20H20N2O7S/c1-26-12-7-10(8-13-17(12)28-6-5-27-13)20(25)29-9-15(23)22-19-16(18(21)24)11-3-2-4-14(11)30-19/h7-8H,2-6,9H2,1H3,(H2,21,24)(H,22,23). The van der Waals surface area contributed by atoms with Gasteiger partial charge in [0.25, 0.3) is 11.8 Å². The van der Waals surface area contributed by atoms with Gasteiger partial charge in [0, 0.05) is 4.88 Å². The molecule has 2 heterocycles. The average Bonchev–Trinajstić information content (AvgIpc) is 3.31. The number of methoxy groups -OCH3 is 1. The van der Waals surface area contributed by atoms with Gasteiger partial charge in [0.2, 0.25) is 5.75 Å². The fourth-order valence-corrected chi connectivity index (χ4v) is 4.83. The van der Waals surface area contributed by atoms with Crippen molar-refractivity contribution in [2.45, 2.75) is 19.3 Å². The van der Waals surface area contributed by atoms with Crippen LogP contribution in [-0.4, -0.2) is 44.7 Å². The van der Waals surface area contributed by atoms with Crippen molar-refractivity contribution in [3.8, 4) is 17.2 Å². The van der Waals surface area contributed by atoms with Crippen molar-refractivity contribution in [1.82, 2.24) is 0 Å². The number of hydrogen-bond donors (Lipinski definition) is 2. The summed E-state index contributed by atoms with van der Waals surface area (Å²) in [5.74, 6) is -0.730. The van der Waals surface area contributed by atoms with Crippen molar-refractivity contribution in [2.24, 2.45) is 5.73 Å². The number of anilines is 1. The molecular formula is C20H20N2O7S. The van der Waals surface area contributed by atoms with Crippen LogP contribution in [0.15, 0.2) is 12.1 Å². The Morgan fingerprint density at radius 1 is 1.20 bits per heavy atom. The summed E-state index contributed by atoms with van der Waals surface area (Å²) in [4.78, 5) is 37.6. The van der Waals surface area contributed by atoms with Crippen LogP contribution in [0.2, 0.25) is 0 Å². The Hall–Kier alpha value is -3.27. The predicted octanol–water partition coefficient (Wildman–Crippen LogP) is 1.91. The second-order valence-corrected chi connectivity index (χ2v) is 7.86. The summed E-state index contributed by atoms with van der Waals surface area (Å²) in [6.07, 6.45) is 2.59. The van der Waals surface area contributed by atoms with E-state index in [0.29, 0.717) is 41.0 Å². The van der Waals surface area contributed by atoms with Gasteiger partial charge in [-0.2, -0.15) is 0 Å². The molecule has 1 aliphatic heterocycles. The quantitative estimate of drug-likeness (QED) is 0.668. The Morgan fingerprint density at radius 2 is 2.00 bits per heavy atom. The van der Waals surface area contributed by atoms with Gasteiger partial charge in [0.1, 0.15) is 18.2 Å². The number of thiophene rings is 1. The Kier molecular flexibility index (Phi) is 5.49. The van der Waals surface area contributed by atoms with Crippen molar-refractivity contribution < 1.29 is 33.3 Å². The van der Waals surface area contributed by atoms with Crippen LogP contribution in [0.5, 0.6) is 17.2 Å². The van der Waals surface area contributed by atoms with E-state index >= 15 is 0 Å². The molecule has 0 saturated carbocycles. The van der Waals surface area contributed by atoms with Crippen LogP contribution in [0.4, 0.5) is 5.00 Å². The van der Waals surface area contributed by atoms with Crippen LogP contribution in [-0.2, 0) is 22.4 Å². The topological polar surface area (TPSA) is 126 Å². The maximum Gasteiger partial charge on any atom is 0.338 e. The molecule has 0 fully saturated rings. The number of benzene rings is 1. The first-order valence-electron chi connectivity index (χ1n) is 9.37. The number of fused-ring (bicyclic) bond motifs is 2. The van der Waals surface area contributed by atoms with Crippen LogP contribution >= 0.6 is 11.3 Å². The highest BCUT2D eigenvalue weighted by Gasteiger charge is 2.27.